The predicted octanol–water partition coefficient (Wildman–Crippen LogP) is 2.51. The van der Waals surface area contributed by atoms with Gasteiger partial charge in [0.2, 0.25) is 5.91 Å². The van der Waals surface area contributed by atoms with Crippen LogP contribution in [0.15, 0.2) is 54.6 Å². The van der Waals surface area contributed by atoms with Crippen molar-refractivity contribution in [1.29, 1.82) is 0 Å². The van der Waals surface area contributed by atoms with E-state index in [0.29, 0.717) is 0 Å². The molecular weight excluding hydrogens is 252 g/mol. The van der Waals surface area contributed by atoms with Gasteiger partial charge in [0.15, 0.2) is 0 Å². The largest absolute Gasteiger partial charge is 0.497 e. The molecule has 0 aliphatic rings. The highest BCUT2D eigenvalue weighted by atomic mass is 16.5. The number of amides is 1. The van der Waals surface area contributed by atoms with Crippen LogP contribution < -0.4 is 15.8 Å². The molecule has 0 spiro atoms. The van der Waals surface area contributed by atoms with Crippen molar-refractivity contribution < 1.29 is 9.53 Å². The van der Waals surface area contributed by atoms with Crippen molar-refractivity contribution in [3.05, 3.63) is 60.2 Å². The van der Waals surface area contributed by atoms with Gasteiger partial charge in [0.05, 0.1) is 7.11 Å². The van der Waals surface area contributed by atoms with Crippen molar-refractivity contribution >= 4 is 11.6 Å². The summed E-state index contributed by atoms with van der Waals surface area (Å²) < 4.78 is 5.11. The molecule has 1 amide bonds. The normalized spacial score (nSPS) is 13.3. The molecule has 0 radical (unpaired) electrons. The number of carbonyl (C=O) groups is 1. The monoisotopic (exact) mass is 270 g/mol. The summed E-state index contributed by atoms with van der Waals surface area (Å²) in [5.41, 5.74) is 6.24. The summed E-state index contributed by atoms with van der Waals surface area (Å²) in [6, 6.07) is 16.8. The van der Waals surface area contributed by atoms with Crippen molar-refractivity contribution in [2.45, 2.75) is 12.5 Å². The zero-order valence-corrected chi connectivity index (χ0v) is 11.6. The van der Waals surface area contributed by atoms with Crippen LogP contribution in [0.4, 0.5) is 5.69 Å². The minimum absolute atomic E-state index is 0.431. The Morgan fingerprint density at radius 3 is 2.20 bits per heavy atom. The predicted molar refractivity (Wildman–Crippen MR) is 79.6 cm³/mol. The van der Waals surface area contributed by atoms with E-state index in [-0.39, 0.29) is 0 Å². The highest BCUT2D eigenvalue weighted by Gasteiger charge is 2.32. The van der Waals surface area contributed by atoms with E-state index in [1.54, 1.807) is 14.0 Å². The first-order valence-electron chi connectivity index (χ1n) is 6.34. The van der Waals surface area contributed by atoms with Crippen LogP contribution in [0, 0.1) is 0 Å². The molecule has 0 bridgehead atoms. The van der Waals surface area contributed by atoms with Gasteiger partial charge >= 0.3 is 0 Å². The van der Waals surface area contributed by atoms with Crippen LogP contribution in [0.2, 0.25) is 0 Å². The average molecular weight is 270 g/mol. The van der Waals surface area contributed by atoms with E-state index < -0.39 is 11.4 Å². The number of benzene rings is 2. The van der Waals surface area contributed by atoms with Crippen LogP contribution in [-0.2, 0) is 10.3 Å². The molecule has 4 nitrogen and oxygen atoms in total. The number of ether oxygens (including phenoxy) is 1. The molecule has 2 aromatic rings. The number of anilines is 1. The Labute approximate surface area is 118 Å². The van der Waals surface area contributed by atoms with Crippen LogP contribution in [0.3, 0.4) is 0 Å². The van der Waals surface area contributed by atoms with Gasteiger partial charge in [0.25, 0.3) is 0 Å². The number of nitrogens with two attached hydrogens (primary N) is 1. The van der Waals surface area contributed by atoms with Gasteiger partial charge in [-0.2, -0.15) is 0 Å². The van der Waals surface area contributed by atoms with Gasteiger partial charge in [-0.1, -0.05) is 30.3 Å². The quantitative estimate of drug-likeness (QED) is 0.877. The third-order valence-electron chi connectivity index (χ3n) is 3.33. The Morgan fingerprint density at radius 1 is 1.10 bits per heavy atom. The fourth-order valence-corrected chi connectivity index (χ4v) is 2.01. The maximum absolute atomic E-state index is 11.9. The summed E-state index contributed by atoms with van der Waals surface area (Å²) in [7, 11) is 1.61. The van der Waals surface area contributed by atoms with E-state index in [0.717, 1.165) is 17.0 Å². The van der Waals surface area contributed by atoms with E-state index >= 15 is 0 Å². The van der Waals surface area contributed by atoms with E-state index in [9.17, 15) is 4.79 Å². The van der Waals surface area contributed by atoms with E-state index in [1.807, 2.05) is 54.6 Å². The van der Waals surface area contributed by atoms with Gasteiger partial charge in [0.1, 0.15) is 11.3 Å². The minimum Gasteiger partial charge on any atom is -0.497 e. The third kappa shape index (κ3) is 2.74. The lowest BCUT2D eigenvalue weighted by Gasteiger charge is -2.29. The molecule has 1 unspecified atom stereocenters. The molecule has 0 saturated carbocycles. The van der Waals surface area contributed by atoms with Crippen molar-refractivity contribution in [2.24, 2.45) is 5.73 Å². The molecule has 104 valence electrons. The average Bonchev–Trinajstić information content (AvgIpc) is 2.48. The van der Waals surface area contributed by atoms with Crippen LogP contribution in [0.5, 0.6) is 5.75 Å². The van der Waals surface area contributed by atoms with Gasteiger partial charge in [-0.3, -0.25) is 4.79 Å². The highest BCUT2D eigenvalue weighted by Crippen LogP contribution is 2.26. The lowest BCUT2D eigenvalue weighted by Crippen LogP contribution is -2.45. The fourth-order valence-electron chi connectivity index (χ4n) is 2.01. The van der Waals surface area contributed by atoms with Gasteiger partial charge in [-0.25, -0.2) is 0 Å². The number of methoxy groups -OCH3 is 1. The summed E-state index contributed by atoms with van der Waals surface area (Å²) in [5.74, 6) is 0.329. The number of rotatable bonds is 5. The zero-order chi connectivity index (χ0) is 14.6. The molecule has 0 aliphatic heterocycles. The Balaban J connectivity index is 2.32. The SMILES string of the molecule is COc1ccc(NC(C)(C(N)=O)c2ccccc2)cc1. The number of primary amides is 1. The van der Waals surface area contributed by atoms with Crippen molar-refractivity contribution in [3.8, 4) is 5.75 Å². The Kier molecular flexibility index (Phi) is 3.94. The maximum atomic E-state index is 11.9. The first-order chi connectivity index (χ1) is 9.56. The van der Waals surface area contributed by atoms with Crippen molar-refractivity contribution in [2.75, 3.05) is 12.4 Å². The molecule has 2 aromatic carbocycles. The number of hydrogen-bond acceptors (Lipinski definition) is 3. The second kappa shape index (κ2) is 5.65. The van der Waals surface area contributed by atoms with Crippen LogP contribution in [-0.4, -0.2) is 13.0 Å². The van der Waals surface area contributed by atoms with E-state index in [4.69, 9.17) is 10.5 Å². The van der Waals surface area contributed by atoms with Crippen molar-refractivity contribution in [3.63, 3.8) is 0 Å². The van der Waals surface area contributed by atoms with Crippen LogP contribution in [0.25, 0.3) is 0 Å². The second-order valence-electron chi connectivity index (χ2n) is 4.71. The lowest BCUT2D eigenvalue weighted by atomic mass is 9.91. The van der Waals surface area contributed by atoms with Crippen LogP contribution >= 0.6 is 0 Å². The molecule has 20 heavy (non-hydrogen) atoms. The minimum atomic E-state index is -0.962. The smallest absolute Gasteiger partial charge is 0.247 e. The van der Waals surface area contributed by atoms with Gasteiger partial charge in [-0.05, 0) is 36.8 Å². The number of hydrogen-bond donors (Lipinski definition) is 2. The molecule has 2 rings (SSSR count). The van der Waals surface area contributed by atoms with Gasteiger partial charge in [-0.15, -0.1) is 0 Å². The first kappa shape index (κ1) is 13.9. The van der Waals surface area contributed by atoms with Crippen LogP contribution in [0.1, 0.15) is 12.5 Å². The molecule has 0 aromatic heterocycles. The van der Waals surface area contributed by atoms with E-state index in [2.05, 4.69) is 5.32 Å². The third-order valence-corrected chi connectivity index (χ3v) is 3.33. The molecule has 0 heterocycles. The number of carbonyl (C=O) groups excluding carboxylic acids is 1. The molecule has 0 aliphatic carbocycles. The first-order valence-corrected chi connectivity index (χ1v) is 6.34. The van der Waals surface area contributed by atoms with Crippen molar-refractivity contribution in [1.82, 2.24) is 0 Å². The summed E-state index contributed by atoms with van der Waals surface area (Å²) in [5, 5.41) is 3.19. The Hall–Kier alpha value is -2.49. The van der Waals surface area contributed by atoms with Gasteiger partial charge < -0.3 is 15.8 Å². The zero-order valence-electron chi connectivity index (χ0n) is 11.6. The maximum Gasteiger partial charge on any atom is 0.247 e. The summed E-state index contributed by atoms with van der Waals surface area (Å²) in [4.78, 5) is 11.9. The Morgan fingerprint density at radius 2 is 1.70 bits per heavy atom. The van der Waals surface area contributed by atoms with E-state index in [1.165, 1.54) is 0 Å². The fraction of sp³-hybridized carbons (Fsp3) is 0.188. The standard InChI is InChI=1S/C16H18N2O2/c1-16(15(17)19,12-6-4-3-5-7-12)18-13-8-10-14(20-2)11-9-13/h3-11,18H,1-2H3,(H2,17,19). The number of nitrogens with one attached hydrogen (secondary N) is 1. The summed E-state index contributed by atoms with van der Waals surface area (Å²) in [6.07, 6.45) is 0. The summed E-state index contributed by atoms with van der Waals surface area (Å²) >= 11 is 0. The topological polar surface area (TPSA) is 64.3 Å². The Bertz CT molecular complexity index is 581. The van der Waals surface area contributed by atoms with Gasteiger partial charge in [0, 0.05) is 5.69 Å². The molecule has 0 saturated heterocycles. The molecular formula is C16H18N2O2. The molecule has 0 fully saturated rings. The lowest BCUT2D eigenvalue weighted by molar-refractivity contribution is -0.122. The molecule has 3 N–H and O–H groups in total. The summed E-state index contributed by atoms with van der Waals surface area (Å²) in [6.45, 7) is 1.77. The molecule has 4 heteroatoms. The second-order valence-corrected chi connectivity index (χ2v) is 4.71. The molecule has 1 atom stereocenters. The highest BCUT2D eigenvalue weighted by molar-refractivity contribution is 5.89.